The van der Waals surface area contributed by atoms with E-state index in [-0.39, 0.29) is 23.8 Å². The number of fused-ring (bicyclic) bond motifs is 1. The normalized spacial score (nSPS) is 21.6. The van der Waals surface area contributed by atoms with Gasteiger partial charge in [-0.05, 0) is 43.9 Å². The van der Waals surface area contributed by atoms with E-state index in [1.54, 1.807) is 11.0 Å². The molecule has 0 bridgehead atoms. The number of amides is 1. The highest BCUT2D eigenvalue weighted by molar-refractivity contribution is 5.97. The van der Waals surface area contributed by atoms with Crippen LogP contribution >= 0.6 is 0 Å². The van der Waals surface area contributed by atoms with Crippen LogP contribution in [0.15, 0.2) is 30.7 Å². The smallest absolute Gasteiger partial charge is 0.417 e. The summed E-state index contributed by atoms with van der Waals surface area (Å²) in [5.74, 6) is 0.0200. The molecule has 1 aromatic heterocycles. The molecular weight excluding hydrogens is 385 g/mol. The number of benzene rings is 1. The molecule has 150 valence electrons. The summed E-state index contributed by atoms with van der Waals surface area (Å²) in [6, 6.07) is 5.00. The van der Waals surface area contributed by atoms with Gasteiger partial charge >= 0.3 is 6.18 Å². The minimum absolute atomic E-state index is 0.0447. The Morgan fingerprint density at radius 1 is 1.21 bits per heavy atom. The first-order chi connectivity index (χ1) is 13.9. The minimum atomic E-state index is -4.61. The summed E-state index contributed by atoms with van der Waals surface area (Å²) in [6.07, 6.45) is 0.738. The topological polar surface area (TPSA) is 79.1 Å². The summed E-state index contributed by atoms with van der Waals surface area (Å²) < 4.78 is 45.1. The summed E-state index contributed by atoms with van der Waals surface area (Å²) >= 11 is 0. The Morgan fingerprint density at radius 3 is 2.62 bits per heavy atom. The number of carbonyl (C=O) groups is 1. The second-order valence-corrected chi connectivity index (χ2v) is 7.18. The molecule has 2 heterocycles. The van der Waals surface area contributed by atoms with Crippen LogP contribution in [0.2, 0.25) is 0 Å². The molecule has 0 radical (unpaired) electrons. The van der Waals surface area contributed by atoms with Gasteiger partial charge in [-0.25, -0.2) is 9.97 Å². The molecule has 2 aromatic rings. The summed E-state index contributed by atoms with van der Waals surface area (Å²) in [4.78, 5) is 22.4. The fourth-order valence-corrected chi connectivity index (χ4v) is 3.94. The van der Waals surface area contributed by atoms with E-state index in [4.69, 9.17) is 10.00 Å². The van der Waals surface area contributed by atoms with E-state index in [1.807, 2.05) is 0 Å². The molecule has 0 spiro atoms. The molecule has 1 aromatic carbocycles. The largest absolute Gasteiger partial charge is 0.490 e. The highest BCUT2D eigenvalue weighted by Gasteiger charge is 2.37. The summed E-state index contributed by atoms with van der Waals surface area (Å²) in [5, 5.41) is 8.88. The lowest BCUT2D eigenvalue weighted by atomic mass is 9.92. The zero-order valence-electron chi connectivity index (χ0n) is 15.3. The van der Waals surface area contributed by atoms with Crippen molar-refractivity contribution in [3.63, 3.8) is 0 Å². The first-order valence-corrected chi connectivity index (χ1v) is 9.24. The third-order valence-corrected chi connectivity index (χ3v) is 5.41. The first-order valence-electron chi connectivity index (χ1n) is 9.24. The second-order valence-electron chi connectivity index (χ2n) is 7.18. The number of nitriles is 1. The van der Waals surface area contributed by atoms with E-state index in [9.17, 15) is 18.0 Å². The SMILES string of the molecule is N#Cc1ccc(O[C@H]2CC[C@H](N3Cc4ncncc4C3=O)CC2)cc1C(F)(F)F. The standard InChI is InChI=1S/C20H17F3N4O2/c21-20(22,23)17-7-15(4-1-12(17)8-24)29-14-5-2-13(3-6-14)27-10-18-16(19(27)28)9-25-11-26-18/h1,4,7,9,11,13-14H,2-3,5-6,10H2/t13-,14-. The Hall–Kier alpha value is -3.15. The molecular formula is C20H17F3N4O2. The average Bonchev–Trinajstić information content (AvgIpc) is 3.05. The predicted molar refractivity (Wildman–Crippen MR) is 94.7 cm³/mol. The quantitative estimate of drug-likeness (QED) is 0.782. The Labute approximate surface area is 164 Å². The van der Waals surface area contributed by atoms with Gasteiger partial charge < -0.3 is 9.64 Å². The first kappa shape index (κ1) is 19.2. The highest BCUT2D eigenvalue weighted by Crippen LogP contribution is 2.36. The molecule has 1 amide bonds. The van der Waals surface area contributed by atoms with Crippen LogP contribution in [-0.4, -0.2) is 32.9 Å². The van der Waals surface area contributed by atoms with Gasteiger partial charge in [0.15, 0.2) is 0 Å². The molecule has 0 atom stereocenters. The maximum absolute atomic E-state index is 13.1. The number of nitrogens with zero attached hydrogens (tertiary/aromatic N) is 4. The van der Waals surface area contributed by atoms with Gasteiger partial charge in [-0.3, -0.25) is 4.79 Å². The monoisotopic (exact) mass is 402 g/mol. The summed E-state index contributed by atoms with van der Waals surface area (Å²) in [7, 11) is 0. The number of halogens is 3. The van der Waals surface area contributed by atoms with Crippen molar-refractivity contribution in [2.45, 2.75) is 50.6 Å². The number of ether oxygens (including phenoxy) is 1. The van der Waals surface area contributed by atoms with Crippen molar-refractivity contribution in [1.82, 2.24) is 14.9 Å². The van der Waals surface area contributed by atoms with Crippen LogP contribution in [0.25, 0.3) is 0 Å². The fourth-order valence-electron chi connectivity index (χ4n) is 3.94. The molecule has 1 aliphatic heterocycles. The lowest BCUT2D eigenvalue weighted by molar-refractivity contribution is -0.137. The molecule has 0 saturated heterocycles. The minimum Gasteiger partial charge on any atom is -0.490 e. The van der Waals surface area contributed by atoms with E-state index in [2.05, 4.69) is 9.97 Å². The van der Waals surface area contributed by atoms with Crippen molar-refractivity contribution in [2.24, 2.45) is 0 Å². The van der Waals surface area contributed by atoms with E-state index in [1.165, 1.54) is 18.6 Å². The molecule has 4 rings (SSSR count). The molecule has 0 N–H and O–H groups in total. The third kappa shape index (κ3) is 3.75. The van der Waals surface area contributed by atoms with E-state index in [0.717, 1.165) is 17.8 Å². The third-order valence-electron chi connectivity index (χ3n) is 5.41. The Morgan fingerprint density at radius 2 is 1.97 bits per heavy atom. The number of aromatic nitrogens is 2. The van der Waals surface area contributed by atoms with Crippen LogP contribution < -0.4 is 4.74 Å². The van der Waals surface area contributed by atoms with E-state index >= 15 is 0 Å². The Balaban J connectivity index is 1.39. The van der Waals surface area contributed by atoms with Gasteiger partial charge in [0.25, 0.3) is 5.91 Å². The molecule has 1 aliphatic carbocycles. The Bertz CT molecular complexity index is 978. The highest BCUT2D eigenvalue weighted by atomic mass is 19.4. The van der Waals surface area contributed by atoms with E-state index < -0.39 is 17.3 Å². The van der Waals surface area contributed by atoms with Gasteiger partial charge in [0.05, 0.1) is 41.1 Å². The fraction of sp³-hybridized carbons (Fsp3) is 0.400. The predicted octanol–water partition coefficient (Wildman–Crippen LogP) is 3.71. The molecule has 2 aliphatic rings. The van der Waals surface area contributed by atoms with Gasteiger partial charge in [0.1, 0.15) is 12.1 Å². The zero-order chi connectivity index (χ0) is 20.6. The number of carbonyl (C=O) groups excluding carboxylic acids is 1. The number of hydrogen-bond donors (Lipinski definition) is 0. The molecule has 1 saturated carbocycles. The second kappa shape index (κ2) is 7.35. The lowest BCUT2D eigenvalue weighted by Crippen LogP contribution is -2.40. The van der Waals surface area contributed by atoms with Crippen LogP contribution in [0.4, 0.5) is 13.2 Å². The van der Waals surface area contributed by atoms with Crippen molar-refractivity contribution >= 4 is 5.91 Å². The van der Waals surface area contributed by atoms with Crippen molar-refractivity contribution in [3.05, 3.63) is 53.1 Å². The van der Waals surface area contributed by atoms with E-state index in [0.29, 0.717) is 37.8 Å². The average molecular weight is 402 g/mol. The summed E-state index contributed by atoms with van der Waals surface area (Å²) in [5.41, 5.74) is -0.166. The Kier molecular flexibility index (Phi) is 4.86. The van der Waals surface area contributed by atoms with Gasteiger partial charge in [0.2, 0.25) is 0 Å². The van der Waals surface area contributed by atoms with Crippen LogP contribution in [0.3, 0.4) is 0 Å². The van der Waals surface area contributed by atoms with Gasteiger partial charge in [-0.2, -0.15) is 18.4 Å². The van der Waals surface area contributed by atoms with Crippen molar-refractivity contribution in [2.75, 3.05) is 0 Å². The molecule has 6 nitrogen and oxygen atoms in total. The lowest BCUT2D eigenvalue weighted by Gasteiger charge is -2.34. The van der Waals surface area contributed by atoms with Crippen LogP contribution in [-0.2, 0) is 12.7 Å². The van der Waals surface area contributed by atoms with Crippen LogP contribution in [0.1, 0.15) is 52.9 Å². The summed E-state index contributed by atoms with van der Waals surface area (Å²) in [6.45, 7) is 0.456. The maximum Gasteiger partial charge on any atom is 0.417 e. The molecule has 29 heavy (non-hydrogen) atoms. The van der Waals surface area contributed by atoms with Crippen LogP contribution in [0, 0.1) is 11.3 Å². The van der Waals surface area contributed by atoms with Gasteiger partial charge in [-0.1, -0.05) is 0 Å². The van der Waals surface area contributed by atoms with Gasteiger partial charge in [-0.15, -0.1) is 0 Å². The van der Waals surface area contributed by atoms with Crippen molar-refractivity contribution in [3.8, 4) is 11.8 Å². The zero-order valence-corrected chi connectivity index (χ0v) is 15.3. The molecule has 9 heteroatoms. The van der Waals surface area contributed by atoms with Gasteiger partial charge in [0, 0.05) is 12.2 Å². The van der Waals surface area contributed by atoms with Crippen LogP contribution in [0.5, 0.6) is 5.75 Å². The van der Waals surface area contributed by atoms with Crippen molar-refractivity contribution < 1.29 is 22.7 Å². The molecule has 1 fully saturated rings. The number of rotatable bonds is 3. The number of alkyl halides is 3. The number of hydrogen-bond acceptors (Lipinski definition) is 5. The molecule has 0 unspecified atom stereocenters. The maximum atomic E-state index is 13.1. The van der Waals surface area contributed by atoms with Crippen molar-refractivity contribution in [1.29, 1.82) is 5.26 Å².